The number of carbonyl (C=O) groups excluding carboxylic acids is 1. The van der Waals surface area contributed by atoms with E-state index in [4.69, 9.17) is 24.8 Å². The summed E-state index contributed by atoms with van der Waals surface area (Å²) in [6, 6.07) is 5.69. The van der Waals surface area contributed by atoms with Gasteiger partial charge in [-0.2, -0.15) is 39.5 Å². The predicted molar refractivity (Wildman–Crippen MR) is 135 cm³/mol. The zero-order valence-electron chi connectivity index (χ0n) is 22.4. The summed E-state index contributed by atoms with van der Waals surface area (Å²) >= 11 is 0. The average molecular weight is 656 g/mol. The minimum Gasteiger partial charge on any atom is -0.475 e. The van der Waals surface area contributed by atoms with Crippen LogP contribution in [0.25, 0.3) is 22.5 Å². The van der Waals surface area contributed by atoms with Crippen LogP contribution >= 0.6 is 0 Å². The number of nitrogens with one attached hydrogen (secondary N) is 2. The molecule has 0 saturated carbocycles. The maximum Gasteiger partial charge on any atom is 0.490 e. The van der Waals surface area contributed by atoms with Crippen LogP contribution < -0.4 is 5.32 Å². The lowest BCUT2D eigenvalue weighted by Gasteiger charge is -2.32. The van der Waals surface area contributed by atoms with Gasteiger partial charge in [-0.1, -0.05) is 0 Å². The molecule has 3 aromatic heterocycles. The van der Waals surface area contributed by atoms with Crippen LogP contribution in [0, 0.1) is 5.92 Å². The SMILES string of the molecule is O=C(N1CCC(Cc2nc3c([nH]2)-c2ccncc2Nc2ncccc2-3)CC1)C(F)(F)F.O=C(O)C(F)(F)F.O=C(O)C(F)(F)F. The van der Waals surface area contributed by atoms with Crippen molar-refractivity contribution in [3.63, 3.8) is 0 Å². The highest BCUT2D eigenvalue weighted by Crippen LogP contribution is 2.42. The highest BCUT2D eigenvalue weighted by atomic mass is 19.4. The maximum atomic E-state index is 12.7. The van der Waals surface area contributed by atoms with Crippen molar-refractivity contribution in [1.29, 1.82) is 0 Å². The number of hydrogen-bond donors (Lipinski definition) is 4. The molecular weight excluding hydrogens is 635 g/mol. The number of alkyl halides is 9. The predicted octanol–water partition coefficient (Wildman–Crippen LogP) is 5.20. The smallest absolute Gasteiger partial charge is 0.475 e. The summed E-state index contributed by atoms with van der Waals surface area (Å²) in [5.41, 5.74) is 4.24. The monoisotopic (exact) mass is 656 g/mol. The van der Waals surface area contributed by atoms with Crippen molar-refractivity contribution in [3.05, 3.63) is 42.6 Å². The van der Waals surface area contributed by atoms with Crippen molar-refractivity contribution in [3.8, 4) is 22.5 Å². The minimum absolute atomic E-state index is 0.106. The van der Waals surface area contributed by atoms with Gasteiger partial charge in [0.25, 0.3) is 0 Å². The van der Waals surface area contributed by atoms with Gasteiger partial charge < -0.3 is 25.4 Å². The summed E-state index contributed by atoms with van der Waals surface area (Å²) in [6.07, 6.45) is -8.22. The molecule has 2 aliphatic heterocycles. The van der Waals surface area contributed by atoms with Crippen LogP contribution in [0.4, 0.5) is 51.0 Å². The molecule has 244 valence electrons. The van der Waals surface area contributed by atoms with E-state index in [2.05, 4.69) is 20.3 Å². The number of halogens is 9. The molecule has 1 amide bonds. The van der Waals surface area contributed by atoms with Crippen molar-refractivity contribution < 1.29 is 64.1 Å². The van der Waals surface area contributed by atoms with Crippen LogP contribution in [0.3, 0.4) is 0 Å². The summed E-state index contributed by atoms with van der Waals surface area (Å²) < 4.78 is 101. The van der Waals surface area contributed by atoms with E-state index in [1.54, 1.807) is 18.6 Å². The van der Waals surface area contributed by atoms with Gasteiger partial charge in [0.05, 0.1) is 17.6 Å². The molecule has 0 spiro atoms. The quantitative estimate of drug-likeness (QED) is 0.213. The third kappa shape index (κ3) is 9.05. The van der Waals surface area contributed by atoms with Gasteiger partial charge in [-0.05, 0) is 37.0 Å². The fraction of sp³-hybridized carbons (Fsp3) is 0.360. The molecular formula is C25H21F9N6O5. The fourth-order valence-corrected chi connectivity index (χ4v) is 4.24. The first-order valence-corrected chi connectivity index (χ1v) is 12.5. The number of likely N-dealkylation sites (tertiary alicyclic amines) is 1. The molecule has 0 unspecified atom stereocenters. The lowest BCUT2D eigenvalue weighted by Crippen LogP contribution is -2.45. The van der Waals surface area contributed by atoms with Crippen LogP contribution in [-0.4, -0.2) is 84.5 Å². The Kier molecular flexibility index (Phi) is 10.3. The summed E-state index contributed by atoms with van der Waals surface area (Å²) in [5.74, 6) is -5.66. The van der Waals surface area contributed by atoms with Gasteiger partial charge in [-0.15, -0.1) is 0 Å². The Labute approximate surface area is 246 Å². The van der Waals surface area contributed by atoms with Gasteiger partial charge in [0, 0.05) is 43.0 Å². The standard InChI is InChI=1S/C21H19F3N6O.2C2HF3O2/c22-21(23,24)20(31)30-8-4-12(5-9-30)10-16-28-17-13-3-7-25-11-15(13)27-19-14(18(17)29-16)2-1-6-26-19;2*3-2(4,5)1(6)7/h1-3,6-7,11-12H,4-5,8-10H2,(H,26,27)(H,28,29);2*(H,6,7). The molecule has 5 rings (SSSR count). The van der Waals surface area contributed by atoms with E-state index in [9.17, 15) is 44.3 Å². The summed E-state index contributed by atoms with van der Waals surface area (Å²) in [6.45, 7) is 0.212. The van der Waals surface area contributed by atoms with Gasteiger partial charge in [-0.25, -0.2) is 19.6 Å². The van der Waals surface area contributed by atoms with Crippen LogP contribution in [0.15, 0.2) is 36.8 Å². The lowest BCUT2D eigenvalue weighted by atomic mass is 9.93. The minimum atomic E-state index is -5.08. The van der Waals surface area contributed by atoms with Crippen LogP contribution in [0.2, 0.25) is 0 Å². The highest BCUT2D eigenvalue weighted by molar-refractivity contribution is 5.94. The van der Waals surface area contributed by atoms with Gasteiger partial charge in [0.15, 0.2) is 0 Å². The molecule has 0 aromatic carbocycles. The van der Waals surface area contributed by atoms with Gasteiger partial charge >= 0.3 is 36.4 Å². The molecule has 0 radical (unpaired) electrons. The van der Waals surface area contributed by atoms with Gasteiger partial charge in [-0.3, -0.25) is 9.78 Å². The van der Waals surface area contributed by atoms with Crippen molar-refractivity contribution in [2.24, 2.45) is 5.92 Å². The number of nitrogens with zero attached hydrogens (tertiary/aromatic N) is 4. The first-order chi connectivity index (χ1) is 20.8. The van der Waals surface area contributed by atoms with Crippen molar-refractivity contribution in [1.82, 2.24) is 24.8 Å². The van der Waals surface area contributed by atoms with Crippen molar-refractivity contribution >= 4 is 29.4 Å². The number of amides is 1. The number of hydrogen-bond acceptors (Lipinski definition) is 7. The number of carboxylic acids is 2. The Bertz CT molecular complexity index is 1440. The molecule has 1 fully saturated rings. The average Bonchev–Trinajstić information content (AvgIpc) is 3.30. The molecule has 11 nitrogen and oxygen atoms in total. The van der Waals surface area contributed by atoms with E-state index < -0.39 is 36.4 Å². The van der Waals surface area contributed by atoms with Gasteiger partial charge in [0.1, 0.15) is 17.3 Å². The number of rotatable bonds is 2. The molecule has 5 heterocycles. The lowest BCUT2D eigenvalue weighted by molar-refractivity contribution is -0.193. The number of H-pyrrole nitrogens is 1. The van der Waals surface area contributed by atoms with Crippen LogP contribution in [0.5, 0.6) is 0 Å². The highest BCUT2D eigenvalue weighted by Gasteiger charge is 2.43. The first kappa shape index (κ1) is 34.6. The molecule has 45 heavy (non-hydrogen) atoms. The van der Waals surface area contributed by atoms with E-state index >= 15 is 0 Å². The summed E-state index contributed by atoms with van der Waals surface area (Å²) in [5, 5.41) is 17.6. The van der Waals surface area contributed by atoms with E-state index in [0.717, 1.165) is 38.9 Å². The van der Waals surface area contributed by atoms with Crippen LogP contribution in [-0.2, 0) is 20.8 Å². The zero-order valence-corrected chi connectivity index (χ0v) is 22.4. The number of piperidine rings is 1. The van der Waals surface area contributed by atoms with E-state index in [1.807, 2.05) is 18.2 Å². The second-order valence-electron chi connectivity index (χ2n) is 9.40. The Balaban J connectivity index is 0.000000331. The third-order valence-electron chi connectivity index (χ3n) is 6.27. The maximum absolute atomic E-state index is 12.7. The Morgan fingerprint density at radius 2 is 1.44 bits per heavy atom. The Morgan fingerprint density at radius 3 is 1.98 bits per heavy atom. The first-order valence-electron chi connectivity index (χ1n) is 12.5. The van der Waals surface area contributed by atoms with E-state index in [-0.39, 0.29) is 19.0 Å². The zero-order chi connectivity index (χ0) is 33.7. The molecule has 0 aliphatic carbocycles. The topological polar surface area (TPSA) is 161 Å². The largest absolute Gasteiger partial charge is 0.490 e. The molecule has 0 bridgehead atoms. The molecule has 1 saturated heterocycles. The number of carbonyl (C=O) groups is 3. The van der Waals surface area contributed by atoms with E-state index in [1.165, 1.54) is 0 Å². The summed E-state index contributed by atoms with van der Waals surface area (Å²) in [4.78, 5) is 47.0. The van der Waals surface area contributed by atoms with Gasteiger partial charge in [0.2, 0.25) is 0 Å². The third-order valence-corrected chi connectivity index (χ3v) is 6.27. The van der Waals surface area contributed by atoms with Crippen molar-refractivity contribution in [2.75, 3.05) is 18.4 Å². The summed E-state index contributed by atoms with van der Waals surface area (Å²) in [7, 11) is 0. The van der Waals surface area contributed by atoms with E-state index in [0.29, 0.717) is 25.1 Å². The molecule has 0 atom stereocenters. The number of imidazole rings is 1. The Hall–Kier alpha value is -4.91. The molecule has 2 aliphatic rings. The normalized spacial score (nSPS) is 14.6. The Morgan fingerprint density at radius 1 is 0.867 bits per heavy atom. The van der Waals surface area contributed by atoms with Crippen LogP contribution in [0.1, 0.15) is 18.7 Å². The molecule has 3 aromatic rings. The number of anilines is 2. The fourth-order valence-electron chi connectivity index (χ4n) is 4.24. The number of carboxylic acid groups (broad SMARTS) is 2. The second kappa shape index (κ2) is 13.4. The molecule has 4 N–H and O–H groups in total. The second-order valence-corrected chi connectivity index (χ2v) is 9.40. The number of aromatic nitrogens is 4. The number of aromatic amines is 1. The number of pyridine rings is 2. The number of aliphatic carboxylic acids is 2. The molecule has 20 heteroatoms. The number of fused-ring (bicyclic) bond motifs is 5. The van der Waals surface area contributed by atoms with Crippen molar-refractivity contribution in [2.45, 2.75) is 37.8 Å².